The highest BCUT2D eigenvalue weighted by molar-refractivity contribution is 6.11. The molecule has 1 N–H and O–H groups in total. The van der Waals surface area contributed by atoms with E-state index in [1.54, 1.807) is 6.20 Å². The van der Waals surface area contributed by atoms with Crippen molar-refractivity contribution in [1.82, 2.24) is 9.88 Å². The van der Waals surface area contributed by atoms with Gasteiger partial charge in [0.15, 0.2) is 0 Å². The molecular formula is C13H16N2O3. The number of hydrogen-bond donors (Lipinski definition) is 1. The van der Waals surface area contributed by atoms with Crippen LogP contribution in [0.15, 0.2) is 18.0 Å². The summed E-state index contributed by atoms with van der Waals surface area (Å²) in [4.78, 5) is 28.5. The molecule has 5 nitrogen and oxygen atoms in total. The molecule has 0 atom stereocenters. The molecule has 1 aliphatic carbocycles. The van der Waals surface area contributed by atoms with E-state index in [0.29, 0.717) is 24.1 Å². The van der Waals surface area contributed by atoms with Crippen LogP contribution in [-0.2, 0) is 11.2 Å². The number of nitrogens with one attached hydrogen (secondary N) is 1. The number of methoxy groups -OCH3 is 1. The molecule has 0 bridgehead atoms. The molecule has 1 aromatic heterocycles. The fourth-order valence-corrected chi connectivity index (χ4v) is 2.18. The summed E-state index contributed by atoms with van der Waals surface area (Å²) in [6.45, 7) is 0. The van der Waals surface area contributed by atoms with Gasteiger partial charge in [-0.05, 0) is 18.4 Å². The SMILES string of the molecule is COC(=O)c1c[nH]c2c1CC/C(=C\N(C)C)C2=O. The molecule has 0 unspecified atom stereocenters. The number of H-pyrrole nitrogens is 1. The summed E-state index contributed by atoms with van der Waals surface area (Å²) >= 11 is 0. The molecule has 5 heteroatoms. The third-order valence-corrected chi connectivity index (χ3v) is 2.97. The molecule has 18 heavy (non-hydrogen) atoms. The fourth-order valence-electron chi connectivity index (χ4n) is 2.18. The molecule has 2 rings (SSSR count). The van der Waals surface area contributed by atoms with E-state index in [1.165, 1.54) is 7.11 Å². The Morgan fingerprint density at radius 2 is 2.17 bits per heavy atom. The maximum atomic E-state index is 12.2. The maximum Gasteiger partial charge on any atom is 0.339 e. The van der Waals surface area contributed by atoms with Gasteiger partial charge in [0.2, 0.25) is 5.78 Å². The van der Waals surface area contributed by atoms with E-state index in [-0.39, 0.29) is 5.78 Å². The second-order valence-corrected chi connectivity index (χ2v) is 4.49. The Hall–Kier alpha value is -2.04. The third kappa shape index (κ3) is 2.03. The monoisotopic (exact) mass is 248 g/mol. The highest BCUT2D eigenvalue weighted by Crippen LogP contribution is 2.27. The van der Waals surface area contributed by atoms with Crippen molar-refractivity contribution < 1.29 is 14.3 Å². The first-order valence-corrected chi connectivity index (χ1v) is 5.75. The first-order chi connectivity index (χ1) is 8.54. The van der Waals surface area contributed by atoms with Crippen molar-refractivity contribution >= 4 is 11.8 Å². The number of ether oxygens (including phenoxy) is 1. The van der Waals surface area contributed by atoms with Crippen LogP contribution in [0.4, 0.5) is 0 Å². The van der Waals surface area contributed by atoms with Gasteiger partial charge < -0.3 is 14.6 Å². The topological polar surface area (TPSA) is 62.4 Å². The molecule has 0 amide bonds. The van der Waals surface area contributed by atoms with Gasteiger partial charge >= 0.3 is 5.97 Å². The molecule has 0 spiro atoms. The number of carbonyl (C=O) groups excluding carboxylic acids is 2. The lowest BCUT2D eigenvalue weighted by Crippen LogP contribution is -2.18. The Morgan fingerprint density at radius 1 is 1.44 bits per heavy atom. The van der Waals surface area contributed by atoms with Crippen LogP contribution in [0.1, 0.15) is 32.8 Å². The Morgan fingerprint density at radius 3 is 2.78 bits per heavy atom. The standard InChI is InChI=1S/C13H16N2O3/c1-15(2)7-8-4-5-9-10(13(17)18-3)6-14-11(9)12(8)16/h6-7,14H,4-5H2,1-3H3/b8-7+. The molecule has 0 fully saturated rings. The van der Waals surface area contributed by atoms with Crippen molar-refractivity contribution in [3.8, 4) is 0 Å². The fraction of sp³-hybridized carbons (Fsp3) is 0.385. The summed E-state index contributed by atoms with van der Waals surface area (Å²) in [6.07, 6.45) is 4.69. The van der Waals surface area contributed by atoms with E-state index in [4.69, 9.17) is 4.74 Å². The Kier molecular flexibility index (Phi) is 3.23. The number of fused-ring (bicyclic) bond motifs is 1. The van der Waals surface area contributed by atoms with Crippen molar-refractivity contribution in [2.75, 3.05) is 21.2 Å². The number of Topliss-reactive ketones (excluding diaryl/α,β-unsaturated/α-hetero) is 1. The van der Waals surface area contributed by atoms with E-state index < -0.39 is 5.97 Å². The second-order valence-electron chi connectivity index (χ2n) is 4.49. The Labute approximate surface area is 105 Å². The van der Waals surface area contributed by atoms with E-state index in [1.807, 2.05) is 25.2 Å². The molecule has 0 radical (unpaired) electrons. The number of ketones is 1. The number of hydrogen-bond acceptors (Lipinski definition) is 4. The lowest BCUT2D eigenvalue weighted by Gasteiger charge is -2.16. The number of carbonyl (C=O) groups is 2. The molecular weight excluding hydrogens is 232 g/mol. The first kappa shape index (κ1) is 12.4. The zero-order chi connectivity index (χ0) is 13.3. The summed E-state index contributed by atoms with van der Waals surface area (Å²) in [5.41, 5.74) is 2.49. The number of rotatable bonds is 2. The number of esters is 1. The number of nitrogens with zero attached hydrogens (tertiary/aromatic N) is 1. The van der Waals surface area contributed by atoms with Crippen molar-refractivity contribution in [2.45, 2.75) is 12.8 Å². The van der Waals surface area contributed by atoms with Gasteiger partial charge in [0.25, 0.3) is 0 Å². The summed E-state index contributed by atoms with van der Waals surface area (Å²) in [7, 11) is 5.10. The normalized spacial score (nSPS) is 16.6. The highest BCUT2D eigenvalue weighted by Gasteiger charge is 2.28. The third-order valence-electron chi connectivity index (χ3n) is 2.97. The van der Waals surface area contributed by atoms with Crippen LogP contribution in [-0.4, -0.2) is 42.8 Å². The number of aromatic amines is 1. The van der Waals surface area contributed by atoms with Gasteiger partial charge in [-0.25, -0.2) is 4.79 Å². The maximum absolute atomic E-state index is 12.2. The summed E-state index contributed by atoms with van der Waals surface area (Å²) in [6, 6.07) is 0. The van der Waals surface area contributed by atoms with Gasteiger partial charge in [-0.2, -0.15) is 0 Å². The Balaban J connectivity index is 2.38. The van der Waals surface area contributed by atoms with Crippen molar-refractivity contribution in [3.05, 3.63) is 34.8 Å². The molecule has 0 saturated heterocycles. The minimum Gasteiger partial charge on any atom is -0.465 e. The van der Waals surface area contributed by atoms with Gasteiger partial charge in [-0.3, -0.25) is 4.79 Å². The van der Waals surface area contributed by atoms with Gasteiger partial charge in [-0.15, -0.1) is 0 Å². The predicted molar refractivity (Wildman–Crippen MR) is 66.6 cm³/mol. The second kappa shape index (κ2) is 4.68. The summed E-state index contributed by atoms with van der Waals surface area (Å²) in [5.74, 6) is -0.444. The number of aromatic nitrogens is 1. The Bertz CT molecular complexity index is 526. The minimum absolute atomic E-state index is 0.0416. The molecule has 1 aromatic rings. The average Bonchev–Trinajstić information content (AvgIpc) is 2.76. The first-order valence-electron chi connectivity index (χ1n) is 5.75. The summed E-state index contributed by atoms with van der Waals surface area (Å²) < 4.78 is 4.69. The van der Waals surface area contributed by atoms with Crippen molar-refractivity contribution in [3.63, 3.8) is 0 Å². The molecule has 1 heterocycles. The lowest BCUT2D eigenvalue weighted by atomic mass is 9.90. The molecule has 96 valence electrons. The van der Waals surface area contributed by atoms with Gasteiger partial charge in [0, 0.05) is 32.1 Å². The van der Waals surface area contributed by atoms with E-state index in [9.17, 15) is 9.59 Å². The van der Waals surface area contributed by atoms with Crippen LogP contribution < -0.4 is 0 Å². The van der Waals surface area contributed by atoms with Gasteiger partial charge in [0.1, 0.15) is 0 Å². The average molecular weight is 248 g/mol. The van der Waals surface area contributed by atoms with Crippen LogP contribution in [0.2, 0.25) is 0 Å². The number of allylic oxidation sites excluding steroid dienone is 1. The quantitative estimate of drug-likeness (QED) is 0.634. The van der Waals surface area contributed by atoms with Crippen molar-refractivity contribution in [1.29, 1.82) is 0 Å². The van der Waals surface area contributed by atoms with Gasteiger partial charge in [-0.1, -0.05) is 0 Å². The van der Waals surface area contributed by atoms with E-state index >= 15 is 0 Å². The smallest absolute Gasteiger partial charge is 0.339 e. The van der Waals surface area contributed by atoms with Crippen LogP contribution in [0.3, 0.4) is 0 Å². The van der Waals surface area contributed by atoms with Crippen LogP contribution >= 0.6 is 0 Å². The molecule has 0 saturated carbocycles. The molecule has 0 aliphatic heterocycles. The van der Waals surface area contributed by atoms with E-state index in [2.05, 4.69) is 4.98 Å². The van der Waals surface area contributed by atoms with E-state index in [0.717, 1.165) is 11.1 Å². The van der Waals surface area contributed by atoms with Gasteiger partial charge in [0.05, 0.1) is 18.4 Å². The predicted octanol–water partition coefficient (Wildman–Crippen LogP) is 1.38. The lowest BCUT2D eigenvalue weighted by molar-refractivity contribution is 0.0600. The molecule has 1 aliphatic rings. The zero-order valence-electron chi connectivity index (χ0n) is 10.7. The minimum atomic E-state index is -0.402. The molecule has 0 aromatic carbocycles. The zero-order valence-corrected chi connectivity index (χ0v) is 10.7. The van der Waals surface area contributed by atoms with Crippen LogP contribution in [0.25, 0.3) is 0 Å². The van der Waals surface area contributed by atoms with Crippen LogP contribution in [0.5, 0.6) is 0 Å². The largest absolute Gasteiger partial charge is 0.465 e. The highest BCUT2D eigenvalue weighted by atomic mass is 16.5. The van der Waals surface area contributed by atoms with Crippen LogP contribution in [0, 0.1) is 0 Å². The summed E-state index contributed by atoms with van der Waals surface area (Å²) in [5, 5.41) is 0. The van der Waals surface area contributed by atoms with Crippen molar-refractivity contribution in [2.24, 2.45) is 0 Å².